The van der Waals surface area contributed by atoms with Crippen LogP contribution >= 0.6 is 0 Å². The summed E-state index contributed by atoms with van der Waals surface area (Å²) >= 11 is 0. The normalized spacial score (nSPS) is 11.6. The summed E-state index contributed by atoms with van der Waals surface area (Å²) in [5.74, 6) is 0. The van der Waals surface area contributed by atoms with Crippen LogP contribution in [0.4, 0.5) is 17.1 Å². The van der Waals surface area contributed by atoms with Gasteiger partial charge in [0.15, 0.2) is 5.58 Å². The van der Waals surface area contributed by atoms with Gasteiger partial charge in [-0.25, -0.2) is 0 Å². The second-order valence-electron chi connectivity index (χ2n) is 15.7. The number of furan rings is 1. The maximum Gasteiger partial charge on any atom is 0.159 e. The summed E-state index contributed by atoms with van der Waals surface area (Å²) in [5.41, 5.74) is 15.2. The predicted molar refractivity (Wildman–Crippen MR) is 257 cm³/mol. The number of nitrogens with zero attached hydrogens (tertiary/aromatic N) is 2. The van der Waals surface area contributed by atoms with Gasteiger partial charge in [-0.15, -0.1) is 0 Å². The Labute approximate surface area is 353 Å². The molecule has 0 saturated carbocycles. The van der Waals surface area contributed by atoms with E-state index in [0.717, 1.165) is 72.3 Å². The molecule has 0 aliphatic carbocycles. The minimum absolute atomic E-state index is 0.842. The molecule has 0 amide bonds. The van der Waals surface area contributed by atoms with Crippen molar-refractivity contribution in [2.24, 2.45) is 0 Å². The molecule has 3 nitrogen and oxygen atoms in total. The number of hydrogen-bond donors (Lipinski definition) is 0. The van der Waals surface area contributed by atoms with Gasteiger partial charge in [0.05, 0.1) is 22.4 Å². The molecule has 286 valence electrons. The van der Waals surface area contributed by atoms with Crippen LogP contribution in [0.3, 0.4) is 0 Å². The highest BCUT2D eigenvalue weighted by Gasteiger charge is 2.24. The molecular weight excluding hydrogens is 741 g/mol. The summed E-state index contributed by atoms with van der Waals surface area (Å²) in [6.07, 6.45) is 0. The van der Waals surface area contributed by atoms with Crippen LogP contribution in [-0.2, 0) is 0 Å². The largest absolute Gasteiger partial charge is 0.454 e. The number of para-hydroxylation sites is 4. The third-order valence-corrected chi connectivity index (χ3v) is 12.2. The Bertz CT molecular complexity index is 3570. The highest BCUT2D eigenvalue weighted by atomic mass is 16.3. The van der Waals surface area contributed by atoms with Crippen LogP contribution in [0.5, 0.6) is 0 Å². The van der Waals surface area contributed by atoms with Crippen LogP contribution in [0.2, 0.25) is 0 Å². The van der Waals surface area contributed by atoms with Crippen molar-refractivity contribution in [2.45, 2.75) is 0 Å². The zero-order valence-corrected chi connectivity index (χ0v) is 33.2. The molecule has 10 aromatic carbocycles. The number of hydrogen-bond acceptors (Lipinski definition) is 2. The monoisotopic (exact) mass is 778 g/mol. The Kier molecular flexibility index (Phi) is 8.17. The third kappa shape index (κ3) is 5.74. The highest BCUT2D eigenvalue weighted by molar-refractivity contribution is 6.24. The van der Waals surface area contributed by atoms with E-state index in [-0.39, 0.29) is 0 Å². The van der Waals surface area contributed by atoms with Gasteiger partial charge in [0.1, 0.15) is 5.58 Å². The molecule has 0 fully saturated rings. The zero-order valence-electron chi connectivity index (χ0n) is 33.2. The van der Waals surface area contributed by atoms with E-state index in [2.05, 4.69) is 240 Å². The van der Waals surface area contributed by atoms with Crippen LogP contribution in [0.25, 0.3) is 93.6 Å². The Morgan fingerprint density at radius 1 is 0.344 bits per heavy atom. The van der Waals surface area contributed by atoms with Crippen molar-refractivity contribution in [3.63, 3.8) is 0 Å². The molecule has 0 aliphatic rings. The SMILES string of the molecule is c1ccc(-c2ccc(N(c3ccccc3-c3ccccc3)c3cccc4c3oc3cc(-c5ccc6c7ccccc7n(-c7ccccc7)c6c5)c5ccccc5c34)cc2)cc1. The average molecular weight is 779 g/mol. The highest BCUT2D eigenvalue weighted by Crippen LogP contribution is 2.48. The number of aromatic nitrogens is 1. The van der Waals surface area contributed by atoms with E-state index in [1.165, 1.54) is 38.3 Å². The summed E-state index contributed by atoms with van der Waals surface area (Å²) in [6.45, 7) is 0. The smallest absolute Gasteiger partial charge is 0.159 e. The summed E-state index contributed by atoms with van der Waals surface area (Å²) in [6, 6.07) is 82.6. The van der Waals surface area contributed by atoms with Crippen molar-refractivity contribution in [3.05, 3.63) is 231 Å². The maximum atomic E-state index is 7.20. The number of benzene rings is 10. The Hall–Kier alpha value is -8.14. The van der Waals surface area contributed by atoms with Crippen molar-refractivity contribution < 1.29 is 4.42 Å². The Balaban J connectivity index is 1.09. The first-order chi connectivity index (χ1) is 30.3. The first kappa shape index (κ1) is 34.9. The first-order valence-electron chi connectivity index (χ1n) is 20.8. The van der Waals surface area contributed by atoms with E-state index in [1.54, 1.807) is 0 Å². The van der Waals surface area contributed by atoms with Gasteiger partial charge >= 0.3 is 0 Å². The van der Waals surface area contributed by atoms with Crippen molar-refractivity contribution in [1.29, 1.82) is 0 Å². The van der Waals surface area contributed by atoms with E-state index in [1.807, 2.05) is 0 Å². The van der Waals surface area contributed by atoms with Crippen LogP contribution in [0.15, 0.2) is 235 Å². The third-order valence-electron chi connectivity index (χ3n) is 12.2. The van der Waals surface area contributed by atoms with Gasteiger partial charge in [-0.2, -0.15) is 0 Å². The summed E-state index contributed by atoms with van der Waals surface area (Å²) in [4.78, 5) is 2.36. The molecule has 0 aliphatic heterocycles. The number of fused-ring (bicyclic) bond motifs is 8. The van der Waals surface area contributed by atoms with Crippen LogP contribution in [0, 0.1) is 0 Å². The lowest BCUT2D eigenvalue weighted by Crippen LogP contribution is -2.11. The lowest BCUT2D eigenvalue weighted by molar-refractivity contribution is 0.669. The molecule has 0 N–H and O–H groups in total. The molecule has 0 saturated heterocycles. The molecule has 12 aromatic rings. The fraction of sp³-hybridized carbons (Fsp3) is 0. The van der Waals surface area contributed by atoms with Crippen LogP contribution < -0.4 is 4.90 Å². The molecule has 12 rings (SSSR count). The second kappa shape index (κ2) is 14.3. The van der Waals surface area contributed by atoms with Crippen molar-refractivity contribution >= 4 is 71.6 Å². The van der Waals surface area contributed by atoms with Gasteiger partial charge in [0.25, 0.3) is 0 Å². The molecule has 2 heterocycles. The van der Waals surface area contributed by atoms with Gasteiger partial charge in [0, 0.05) is 38.5 Å². The summed E-state index contributed by atoms with van der Waals surface area (Å²) < 4.78 is 9.58. The molecule has 0 spiro atoms. The second-order valence-corrected chi connectivity index (χ2v) is 15.7. The topological polar surface area (TPSA) is 21.3 Å². The Morgan fingerprint density at radius 2 is 0.918 bits per heavy atom. The molecular formula is C58H38N2O. The molecule has 0 atom stereocenters. The first-order valence-corrected chi connectivity index (χ1v) is 20.8. The van der Waals surface area contributed by atoms with Gasteiger partial charge in [-0.05, 0) is 93.2 Å². The minimum atomic E-state index is 0.842. The fourth-order valence-electron chi connectivity index (χ4n) is 9.43. The van der Waals surface area contributed by atoms with Crippen molar-refractivity contribution in [1.82, 2.24) is 4.57 Å². The quantitative estimate of drug-likeness (QED) is 0.161. The number of anilines is 3. The van der Waals surface area contributed by atoms with Gasteiger partial charge in [0.2, 0.25) is 0 Å². The van der Waals surface area contributed by atoms with Gasteiger partial charge in [-0.1, -0.05) is 176 Å². The van der Waals surface area contributed by atoms with Crippen LogP contribution in [-0.4, -0.2) is 4.57 Å². The minimum Gasteiger partial charge on any atom is -0.454 e. The van der Waals surface area contributed by atoms with Gasteiger partial charge in [-0.3, -0.25) is 0 Å². The Morgan fingerprint density at radius 3 is 1.70 bits per heavy atom. The molecule has 0 radical (unpaired) electrons. The number of rotatable bonds is 7. The lowest BCUT2D eigenvalue weighted by Gasteiger charge is -2.28. The van der Waals surface area contributed by atoms with E-state index in [0.29, 0.717) is 0 Å². The molecule has 61 heavy (non-hydrogen) atoms. The van der Waals surface area contributed by atoms with E-state index in [9.17, 15) is 0 Å². The summed E-state index contributed by atoms with van der Waals surface area (Å²) in [5, 5.41) is 7.02. The summed E-state index contributed by atoms with van der Waals surface area (Å²) in [7, 11) is 0. The van der Waals surface area contributed by atoms with E-state index < -0.39 is 0 Å². The maximum absolute atomic E-state index is 7.20. The van der Waals surface area contributed by atoms with E-state index >= 15 is 0 Å². The zero-order chi connectivity index (χ0) is 40.3. The van der Waals surface area contributed by atoms with Crippen molar-refractivity contribution in [2.75, 3.05) is 4.90 Å². The lowest BCUT2D eigenvalue weighted by atomic mass is 9.94. The average Bonchev–Trinajstić information content (AvgIpc) is 3.89. The molecule has 0 bridgehead atoms. The van der Waals surface area contributed by atoms with E-state index in [4.69, 9.17) is 4.42 Å². The van der Waals surface area contributed by atoms with Crippen molar-refractivity contribution in [3.8, 4) is 39.1 Å². The fourth-order valence-corrected chi connectivity index (χ4v) is 9.43. The molecule has 3 heteroatoms. The molecule has 2 aromatic heterocycles. The van der Waals surface area contributed by atoms with Crippen LogP contribution in [0.1, 0.15) is 0 Å². The molecule has 0 unspecified atom stereocenters. The van der Waals surface area contributed by atoms with Gasteiger partial charge < -0.3 is 13.9 Å². The predicted octanol–water partition coefficient (Wildman–Crippen LogP) is 16.3. The standard InChI is InChI=1S/C58H38N2O/c1-4-17-39(18-5-1)40-31-34-44(35-32-40)59(52-28-14-12-23-45(52)41-19-6-2-7-20-41)54-30-16-27-50-57-49-26-11-10-24-46(49)51(38-56(57)61-58(50)54)42-33-36-48-47-25-13-15-29-53(47)60(55(48)37-42)43-21-8-3-9-22-43/h1-38H.